The van der Waals surface area contributed by atoms with Gasteiger partial charge in [0.1, 0.15) is 11.5 Å². The minimum absolute atomic E-state index is 0.184. The van der Waals surface area contributed by atoms with Gasteiger partial charge < -0.3 is 14.4 Å². The lowest BCUT2D eigenvalue weighted by Crippen LogP contribution is -2.45. The summed E-state index contributed by atoms with van der Waals surface area (Å²) in [5, 5.41) is 15.3. The molecule has 6 rings (SSSR count). The maximum Gasteiger partial charge on any atom is 0.145 e. The van der Waals surface area contributed by atoms with E-state index in [1.165, 1.54) is 0 Å². The molecule has 4 saturated carbocycles. The smallest absolute Gasteiger partial charge is 0.145 e. The first-order valence-electron chi connectivity index (χ1n) is 10.7. The molecule has 0 radical (unpaired) electrons. The lowest BCUT2D eigenvalue weighted by molar-refractivity contribution is -0.0848. The van der Waals surface area contributed by atoms with Crippen molar-refractivity contribution in [1.82, 2.24) is 5.16 Å². The first kappa shape index (κ1) is 19.9. The molecule has 1 aromatic carbocycles. The molecule has 4 aliphatic carbocycles. The second kappa shape index (κ2) is 7.56. The summed E-state index contributed by atoms with van der Waals surface area (Å²) in [6.07, 6.45) is 9.06. The van der Waals surface area contributed by atoms with Gasteiger partial charge in [-0.15, -0.1) is 0 Å². The summed E-state index contributed by atoms with van der Waals surface area (Å²) in [5.41, 5.74) is 2.88. The van der Waals surface area contributed by atoms with Crippen molar-refractivity contribution in [2.24, 2.45) is 10.8 Å². The van der Waals surface area contributed by atoms with Gasteiger partial charge in [-0.25, -0.2) is 0 Å². The largest absolute Gasteiger partial charge is 0.396 e. The SMILES string of the molecule is OCC12CCC(COCc3c(-c4c(Cl)cccc4Cl)noc3C3CC3)(CC1)CC2. The van der Waals surface area contributed by atoms with Crippen LogP contribution in [0.1, 0.15) is 68.6 Å². The molecule has 156 valence electrons. The number of rotatable bonds is 7. The van der Waals surface area contributed by atoms with Crippen LogP contribution in [0.5, 0.6) is 0 Å². The van der Waals surface area contributed by atoms with Crippen LogP contribution in [0, 0.1) is 10.8 Å². The Bertz CT molecular complexity index is 861. The van der Waals surface area contributed by atoms with Crippen molar-refractivity contribution in [3.63, 3.8) is 0 Å². The molecule has 0 unspecified atom stereocenters. The average molecular weight is 436 g/mol. The van der Waals surface area contributed by atoms with Crippen LogP contribution in [-0.4, -0.2) is 23.5 Å². The predicted octanol–water partition coefficient (Wildman–Crippen LogP) is 6.38. The first-order valence-corrected chi connectivity index (χ1v) is 11.4. The molecule has 0 atom stereocenters. The molecular formula is C23H27Cl2NO3. The summed E-state index contributed by atoms with van der Waals surface area (Å²) < 4.78 is 12.1. The van der Waals surface area contributed by atoms with E-state index >= 15 is 0 Å². The number of hydrogen-bond acceptors (Lipinski definition) is 4. The van der Waals surface area contributed by atoms with Crippen LogP contribution in [0.25, 0.3) is 11.3 Å². The Hall–Kier alpha value is -1.07. The molecule has 0 aliphatic heterocycles. The Morgan fingerprint density at radius 3 is 2.24 bits per heavy atom. The quantitative estimate of drug-likeness (QED) is 0.548. The number of aliphatic hydroxyl groups excluding tert-OH is 1. The molecule has 1 N–H and O–H groups in total. The van der Waals surface area contributed by atoms with E-state index < -0.39 is 0 Å². The summed E-state index contributed by atoms with van der Waals surface area (Å²) in [4.78, 5) is 0. The number of aromatic nitrogens is 1. The second-order valence-corrected chi connectivity index (χ2v) is 10.2. The number of nitrogens with zero attached hydrogens (tertiary/aromatic N) is 1. The van der Waals surface area contributed by atoms with Crippen LogP contribution >= 0.6 is 23.2 Å². The standard InChI is InChI=1S/C23H27Cl2NO3/c24-17-2-1-3-18(25)19(17)20-16(21(29-26-20)15-4-5-15)12-28-14-23-9-6-22(13-27,7-10-23)8-11-23/h1-3,15,27H,4-14H2. The van der Waals surface area contributed by atoms with Gasteiger partial charge in [-0.2, -0.15) is 0 Å². The monoisotopic (exact) mass is 435 g/mol. The third kappa shape index (κ3) is 3.63. The third-order valence-electron chi connectivity index (χ3n) is 7.51. The third-order valence-corrected chi connectivity index (χ3v) is 8.14. The fourth-order valence-electron chi connectivity index (χ4n) is 5.21. The van der Waals surface area contributed by atoms with Crippen LogP contribution < -0.4 is 0 Å². The zero-order valence-corrected chi connectivity index (χ0v) is 18.1. The van der Waals surface area contributed by atoms with Crippen molar-refractivity contribution in [2.45, 2.75) is 63.9 Å². The lowest BCUT2D eigenvalue weighted by Gasteiger charge is -2.52. The fourth-order valence-corrected chi connectivity index (χ4v) is 5.79. The Morgan fingerprint density at radius 2 is 1.66 bits per heavy atom. The summed E-state index contributed by atoms with van der Waals surface area (Å²) in [6, 6.07) is 5.49. The molecular weight excluding hydrogens is 409 g/mol. The Morgan fingerprint density at radius 1 is 1.03 bits per heavy atom. The van der Waals surface area contributed by atoms with E-state index in [0.717, 1.165) is 74.9 Å². The number of halogens is 2. The number of benzene rings is 1. The Balaban J connectivity index is 1.34. The Kier molecular flexibility index (Phi) is 5.18. The summed E-state index contributed by atoms with van der Waals surface area (Å²) >= 11 is 12.9. The van der Waals surface area contributed by atoms with Crippen LogP contribution in [0.2, 0.25) is 10.0 Å². The van der Waals surface area contributed by atoms with E-state index in [0.29, 0.717) is 34.9 Å². The summed E-state index contributed by atoms with van der Waals surface area (Å²) in [7, 11) is 0. The molecule has 2 aromatic rings. The van der Waals surface area contributed by atoms with Crippen molar-refractivity contribution in [1.29, 1.82) is 0 Å². The zero-order chi connectivity index (χ0) is 20.1. The molecule has 4 fully saturated rings. The highest BCUT2D eigenvalue weighted by molar-refractivity contribution is 6.39. The Labute approximate surface area is 181 Å². The van der Waals surface area contributed by atoms with Crippen molar-refractivity contribution >= 4 is 23.2 Å². The zero-order valence-electron chi connectivity index (χ0n) is 16.6. The molecule has 0 spiro atoms. The summed E-state index contributed by atoms with van der Waals surface area (Å²) in [6.45, 7) is 1.55. The topological polar surface area (TPSA) is 55.5 Å². The van der Waals surface area contributed by atoms with Gasteiger partial charge in [0.2, 0.25) is 0 Å². The van der Waals surface area contributed by atoms with Gasteiger partial charge in [-0.1, -0.05) is 34.4 Å². The van der Waals surface area contributed by atoms with Gasteiger partial charge in [-0.3, -0.25) is 0 Å². The van der Waals surface area contributed by atoms with E-state index in [-0.39, 0.29) is 10.8 Å². The van der Waals surface area contributed by atoms with Crippen molar-refractivity contribution in [3.8, 4) is 11.3 Å². The van der Waals surface area contributed by atoms with Gasteiger partial charge in [0, 0.05) is 23.7 Å². The predicted molar refractivity (Wildman–Crippen MR) is 113 cm³/mol. The van der Waals surface area contributed by atoms with Gasteiger partial charge in [0.25, 0.3) is 0 Å². The van der Waals surface area contributed by atoms with Gasteiger partial charge in [-0.05, 0) is 74.3 Å². The molecule has 6 heteroatoms. The molecule has 0 saturated heterocycles. The normalized spacial score (nSPS) is 28.8. The van der Waals surface area contributed by atoms with Crippen LogP contribution in [0.3, 0.4) is 0 Å². The van der Waals surface area contributed by atoms with Crippen molar-refractivity contribution in [3.05, 3.63) is 39.6 Å². The number of ether oxygens (including phenoxy) is 1. The van der Waals surface area contributed by atoms with Crippen molar-refractivity contribution < 1.29 is 14.4 Å². The molecule has 29 heavy (non-hydrogen) atoms. The van der Waals surface area contributed by atoms with Crippen LogP contribution in [-0.2, 0) is 11.3 Å². The molecule has 4 aliphatic rings. The van der Waals surface area contributed by atoms with E-state index in [1.54, 1.807) is 0 Å². The average Bonchev–Trinajstić information content (AvgIpc) is 3.51. The van der Waals surface area contributed by atoms with E-state index in [9.17, 15) is 5.11 Å². The van der Waals surface area contributed by atoms with E-state index in [4.69, 9.17) is 32.5 Å². The van der Waals surface area contributed by atoms with E-state index in [2.05, 4.69) is 5.16 Å². The van der Waals surface area contributed by atoms with Crippen molar-refractivity contribution in [2.75, 3.05) is 13.2 Å². The maximum absolute atomic E-state index is 9.75. The second-order valence-electron chi connectivity index (χ2n) is 9.40. The fraction of sp³-hybridized carbons (Fsp3) is 0.609. The number of aliphatic hydroxyl groups is 1. The van der Waals surface area contributed by atoms with Gasteiger partial charge in [0.05, 0.1) is 23.3 Å². The van der Waals surface area contributed by atoms with Crippen LogP contribution in [0.4, 0.5) is 0 Å². The highest BCUT2D eigenvalue weighted by atomic mass is 35.5. The van der Waals surface area contributed by atoms with Gasteiger partial charge in [0.15, 0.2) is 0 Å². The number of hydrogen-bond donors (Lipinski definition) is 1. The molecule has 2 bridgehead atoms. The molecule has 1 heterocycles. The highest BCUT2D eigenvalue weighted by Gasteiger charge is 2.48. The molecule has 4 nitrogen and oxygen atoms in total. The minimum Gasteiger partial charge on any atom is -0.396 e. The first-order chi connectivity index (χ1) is 14.0. The van der Waals surface area contributed by atoms with Crippen LogP contribution in [0.15, 0.2) is 22.7 Å². The molecule has 0 amide bonds. The minimum atomic E-state index is 0.184. The van der Waals surface area contributed by atoms with E-state index in [1.807, 2.05) is 18.2 Å². The summed E-state index contributed by atoms with van der Waals surface area (Å²) in [5.74, 6) is 1.36. The highest BCUT2D eigenvalue weighted by Crippen LogP contribution is 2.56. The lowest BCUT2D eigenvalue weighted by atomic mass is 9.54. The molecule has 1 aromatic heterocycles. The number of fused-ring (bicyclic) bond motifs is 3. The maximum atomic E-state index is 9.75. The van der Waals surface area contributed by atoms with Gasteiger partial charge >= 0.3 is 0 Å².